The van der Waals surface area contributed by atoms with Crippen molar-refractivity contribution in [1.82, 2.24) is 4.90 Å². The molecule has 0 aromatic heterocycles. The molecule has 1 atom stereocenters. The summed E-state index contributed by atoms with van der Waals surface area (Å²) in [6, 6.07) is 16.8. The van der Waals surface area contributed by atoms with Crippen LogP contribution in [0.1, 0.15) is 51.2 Å². The lowest BCUT2D eigenvalue weighted by Gasteiger charge is -2.32. The third-order valence-corrected chi connectivity index (χ3v) is 5.14. The van der Waals surface area contributed by atoms with Crippen LogP contribution in [0.15, 0.2) is 48.5 Å². The minimum atomic E-state index is -0.627. The van der Waals surface area contributed by atoms with E-state index in [4.69, 9.17) is 4.74 Å². The molecule has 0 spiro atoms. The SMILES string of the molecule is CCCCC(=O)N(Cc1ccc(-c2ccccc2C#N)cc1)[C@H](C(=O)OC)C(C)C. The van der Waals surface area contributed by atoms with Gasteiger partial charge < -0.3 is 9.64 Å². The Bertz CT molecular complexity index is 897. The molecule has 158 valence electrons. The number of nitriles is 1. The predicted octanol–water partition coefficient (Wildman–Crippen LogP) is 4.94. The Morgan fingerprint density at radius 1 is 1.10 bits per heavy atom. The van der Waals surface area contributed by atoms with Crippen LogP contribution in [-0.4, -0.2) is 29.9 Å². The molecular formula is C25H30N2O3. The fourth-order valence-electron chi connectivity index (χ4n) is 3.51. The molecule has 0 bridgehead atoms. The van der Waals surface area contributed by atoms with Crippen LogP contribution in [0.5, 0.6) is 0 Å². The summed E-state index contributed by atoms with van der Waals surface area (Å²) in [5, 5.41) is 9.34. The van der Waals surface area contributed by atoms with Crippen LogP contribution in [0.3, 0.4) is 0 Å². The number of hydrogen-bond acceptors (Lipinski definition) is 4. The Kier molecular flexibility index (Phi) is 8.61. The average Bonchev–Trinajstić information content (AvgIpc) is 2.77. The minimum absolute atomic E-state index is 0.0418. The lowest BCUT2D eigenvalue weighted by Crippen LogP contribution is -2.48. The fraction of sp³-hybridized carbons (Fsp3) is 0.400. The number of carbonyl (C=O) groups excluding carboxylic acids is 2. The topological polar surface area (TPSA) is 70.4 Å². The number of methoxy groups -OCH3 is 1. The van der Waals surface area contributed by atoms with Crippen molar-refractivity contribution >= 4 is 11.9 Å². The van der Waals surface area contributed by atoms with Gasteiger partial charge in [-0.15, -0.1) is 0 Å². The highest BCUT2D eigenvalue weighted by Gasteiger charge is 2.33. The molecule has 0 radical (unpaired) electrons. The van der Waals surface area contributed by atoms with Gasteiger partial charge in [0.1, 0.15) is 6.04 Å². The Labute approximate surface area is 179 Å². The smallest absolute Gasteiger partial charge is 0.328 e. The molecule has 0 N–H and O–H groups in total. The normalized spacial score (nSPS) is 11.6. The molecule has 0 saturated heterocycles. The number of hydrogen-bond donors (Lipinski definition) is 0. The van der Waals surface area contributed by atoms with Crippen LogP contribution >= 0.6 is 0 Å². The van der Waals surface area contributed by atoms with Gasteiger partial charge in [-0.05, 0) is 35.1 Å². The van der Waals surface area contributed by atoms with Crippen molar-refractivity contribution in [3.63, 3.8) is 0 Å². The van der Waals surface area contributed by atoms with E-state index in [0.29, 0.717) is 18.5 Å². The van der Waals surface area contributed by atoms with E-state index in [-0.39, 0.29) is 11.8 Å². The molecule has 0 aliphatic carbocycles. The molecule has 2 aromatic rings. The van der Waals surface area contributed by atoms with E-state index in [1.807, 2.05) is 63.2 Å². The molecule has 0 fully saturated rings. The number of unbranched alkanes of at least 4 members (excludes halogenated alkanes) is 1. The van der Waals surface area contributed by atoms with Crippen LogP contribution in [-0.2, 0) is 20.9 Å². The van der Waals surface area contributed by atoms with Crippen molar-refractivity contribution in [2.75, 3.05) is 7.11 Å². The second-order valence-electron chi connectivity index (χ2n) is 7.69. The van der Waals surface area contributed by atoms with E-state index in [1.54, 1.807) is 11.0 Å². The molecule has 2 aromatic carbocycles. The molecule has 1 amide bonds. The second kappa shape index (κ2) is 11.2. The van der Waals surface area contributed by atoms with Gasteiger partial charge in [-0.2, -0.15) is 5.26 Å². The van der Waals surface area contributed by atoms with E-state index in [0.717, 1.165) is 29.5 Å². The zero-order valence-electron chi connectivity index (χ0n) is 18.2. The number of ether oxygens (including phenoxy) is 1. The van der Waals surface area contributed by atoms with E-state index in [1.165, 1.54) is 7.11 Å². The number of nitrogens with zero attached hydrogens (tertiary/aromatic N) is 2. The summed E-state index contributed by atoms with van der Waals surface area (Å²) in [7, 11) is 1.36. The maximum absolute atomic E-state index is 12.9. The van der Waals surface area contributed by atoms with Gasteiger partial charge >= 0.3 is 5.97 Å². The summed E-state index contributed by atoms with van der Waals surface area (Å²) < 4.78 is 4.99. The van der Waals surface area contributed by atoms with Crippen molar-refractivity contribution in [2.45, 2.75) is 52.6 Å². The Morgan fingerprint density at radius 2 is 1.77 bits per heavy atom. The summed E-state index contributed by atoms with van der Waals surface area (Å²) in [4.78, 5) is 27.0. The van der Waals surface area contributed by atoms with Crippen molar-refractivity contribution < 1.29 is 14.3 Å². The number of esters is 1. The maximum atomic E-state index is 12.9. The molecule has 0 aliphatic heterocycles. The largest absolute Gasteiger partial charge is 0.467 e. The standard InChI is InChI=1S/C25H30N2O3/c1-5-6-11-23(28)27(24(18(2)3)25(29)30-4)17-19-12-14-20(15-13-19)22-10-8-7-9-21(22)16-26/h7-10,12-15,18,24H,5-6,11,17H2,1-4H3/t24-/m0/s1. The second-order valence-corrected chi connectivity index (χ2v) is 7.69. The summed E-state index contributed by atoms with van der Waals surface area (Å²) in [6.07, 6.45) is 2.10. The molecule has 0 aliphatic rings. The lowest BCUT2D eigenvalue weighted by atomic mass is 9.98. The molecule has 5 heteroatoms. The van der Waals surface area contributed by atoms with E-state index in [9.17, 15) is 14.9 Å². The van der Waals surface area contributed by atoms with Gasteiger partial charge in [0.15, 0.2) is 0 Å². The third-order valence-electron chi connectivity index (χ3n) is 5.14. The van der Waals surface area contributed by atoms with Crippen molar-refractivity contribution in [3.05, 3.63) is 59.7 Å². The fourth-order valence-corrected chi connectivity index (χ4v) is 3.51. The number of amides is 1. The van der Waals surface area contributed by atoms with Gasteiger partial charge in [0, 0.05) is 13.0 Å². The van der Waals surface area contributed by atoms with Gasteiger partial charge in [-0.1, -0.05) is 69.7 Å². The summed E-state index contributed by atoms with van der Waals surface area (Å²) >= 11 is 0. The highest BCUT2D eigenvalue weighted by molar-refractivity contribution is 5.84. The maximum Gasteiger partial charge on any atom is 0.328 e. The first-order chi connectivity index (χ1) is 14.4. The van der Waals surface area contributed by atoms with Gasteiger partial charge in [-0.3, -0.25) is 4.79 Å². The first-order valence-corrected chi connectivity index (χ1v) is 10.4. The van der Waals surface area contributed by atoms with Crippen LogP contribution < -0.4 is 0 Å². The van der Waals surface area contributed by atoms with Crippen LogP contribution in [0.4, 0.5) is 0 Å². The average molecular weight is 407 g/mol. The Morgan fingerprint density at radius 3 is 2.33 bits per heavy atom. The number of carbonyl (C=O) groups is 2. The first kappa shape index (κ1) is 23.2. The molecular weight excluding hydrogens is 376 g/mol. The third kappa shape index (κ3) is 5.70. The first-order valence-electron chi connectivity index (χ1n) is 10.4. The van der Waals surface area contributed by atoms with E-state index < -0.39 is 12.0 Å². The lowest BCUT2D eigenvalue weighted by molar-refractivity contribution is -0.155. The van der Waals surface area contributed by atoms with Crippen LogP contribution in [0, 0.1) is 17.2 Å². The van der Waals surface area contributed by atoms with Crippen molar-refractivity contribution in [1.29, 1.82) is 5.26 Å². The molecule has 5 nitrogen and oxygen atoms in total. The quantitative estimate of drug-likeness (QED) is 0.553. The molecule has 30 heavy (non-hydrogen) atoms. The van der Waals surface area contributed by atoms with Crippen LogP contribution in [0.25, 0.3) is 11.1 Å². The molecule has 2 rings (SSSR count). The molecule has 0 unspecified atom stereocenters. The summed E-state index contributed by atoms with van der Waals surface area (Å²) in [5.74, 6) is -0.501. The Hall–Kier alpha value is -3.13. The highest BCUT2D eigenvalue weighted by atomic mass is 16.5. The highest BCUT2D eigenvalue weighted by Crippen LogP contribution is 2.25. The van der Waals surface area contributed by atoms with Crippen LogP contribution in [0.2, 0.25) is 0 Å². The molecule has 0 saturated carbocycles. The summed E-state index contributed by atoms with van der Waals surface area (Å²) in [6.45, 7) is 6.21. The van der Waals surface area contributed by atoms with Gasteiger partial charge in [0.25, 0.3) is 0 Å². The summed E-state index contributed by atoms with van der Waals surface area (Å²) in [5.41, 5.74) is 3.35. The van der Waals surface area contributed by atoms with Gasteiger partial charge in [-0.25, -0.2) is 4.79 Å². The van der Waals surface area contributed by atoms with Gasteiger partial charge in [0.2, 0.25) is 5.91 Å². The number of benzene rings is 2. The van der Waals surface area contributed by atoms with Gasteiger partial charge in [0.05, 0.1) is 18.7 Å². The minimum Gasteiger partial charge on any atom is -0.467 e. The zero-order chi connectivity index (χ0) is 22.1. The zero-order valence-corrected chi connectivity index (χ0v) is 18.2. The Balaban J connectivity index is 2.31. The van der Waals surface area contributed by atoms with E-state index >= 15 is 0 Å². The number of rotatable bonds is 9. The monoisotopic (exact) mass is 406 g/mol. The molecule has 0 heterocycles. The van der Waals surface area contributed by atoms with E-state index in [2.05, 4.69) is 6.07 Å². The predicted molar refractivity (Wildman–Crippen MR) is 117 cm³/mol. The van der Waals surface area contributed by atoms with Crippen molar-refractivity contribution in [2.24, 2.45) is 5.92 Å². The van der Waals surface area contributed by atoms with Crippen molar-refractivity contribution in [3.8, 4) is 17.2 Å².